The molecule has 2 aliphatic heterocycles. The minimum atomic E-state index is 0.269. The Morgan fingerprint density at radius 3 is 2.59 bits per heavy atom. The number of nitrogens with zero attached hydrogens (tertiary/aromatic N) is 4. The van der Waals surface area contributed by atoms with Crippen molar-refractivity contribution in [3.8, 4) is 11.5 Å². The van der Waals surface area contributed by atoms with Crippen LogP contribution in [0.15, 0.2) is 42.7 Å². The zero-order chi connectivity index (χ0) is 22.1. The summed E-state index contributed by atoms with van der Waals surface area (Å²) in [4.78, 5) is 13.5. The lowest BCUT2D eigenvalue weighted by Gasteiger charge is -2.38. The largest absolute Gasteiger partial charge is 0.454 e. The molecule has 0 aliphatic carbocycles. The summed E-state index contributed by atoms with van der Waals surface area (Å²) < 4.78 is 10.8. The number of aryl methyl sites for hydroxylation is 1. The van der Waals surface area contributed by atoms with Crippen LogP contribution in [-0.2, 0) is 6.54 Å². The van der Waals surface area contributed by atoms with Gasteiger partial charge in [0.05, 0.1) is 0 Å². The molecule has 3 N–H and O–H groups in total. The Labute approximate surface area is 188 Å². The van der Waals surface area contributed by atoms with Crippen LogP contribution in [0.2, 0.25) is 0 Å². The van der Waals surface area contributed by atoms with Gasteiger partial charge in [-0.3, -0.25) is 0 Å². The number of anilines is 4. The van der Waals surface area contributed by atoms with Crippen LogP contribution in [0.3, 0.4) is 0 Å². The van der Waals surface area contributed by atoms with E-state index in [0.717, 1.165) is 49.1 Å². The average molecular weight is 433 g/mol. The molecule has 2 aromatic carbocycles. The van der Waals surface area contributed by atoms with Crippen LogP contribution in [0, 0.1) is 13.8 Å². The molecule has 0 amide bonds. The molecule has 32 heavy (non-hydrogen) atoms. The van der Waals surface area contributed by atoms with Gasteiger partial charge in [0.2, 0.25) is 6.79 Å². The number of ether oxygens (including phenoxy) is 2. The second-order valence-electron chi connectivity index (χ2n) is 8.19. The first-order valence-corrected chi connectivity index (χ1v) is 10.9. The molecule has 8 heteroatoms. The molecule has 8 nitrogen and oxygen atoms in total. The van der Waals surface area contributed by atoms with Crippen LogP contribution >= 0.6 is 0 Å². The van der Waals surface area contributed by atoms with Gasteiger partial charge in [0.25, 0.3) is 0 Å². The first-order chi connectivity index (χ1) is 15.6. The van der Waals surface area contributed by atoms with E-state index in [-0.39, 0.29) is 6.79 Å². The molecule has 1 aromatic heterocycles. The number of fused-ring (bicyclic) bond motifs is 1. The van der Waals surface area contributed by atoms with Gasteiger partial charge in [0.15, 0.2) is 23.1 Å². The van der Waals surface area contributed by atoms with Gasteiger partial charge in [-0.15, -0.1) is 0 Å². The lowest BCUT2D eigenvalue weighted by molar-refractivity contribution is 0.174. The predicted molar refractivity (Wildman–Crippen MR) is 127 cm³/mol. The van der Waals surface area contributed by atoms with E-state index in [1.165, 1.54) is 16.8 Å². The summed E-state index contributed by atoms with van der Waals surface area (Å²) in [5.74, 6) is 2.97. The number of hydrogen-bond acceptors (Lipinski definition) is 8. The van der Waals surface area contributed by atoms with Crippen molar-refractivity contribution in [2.24, 2.45) is 0 Å². The Bertz CT molecular complexity index is 1130. The van der Waals surface area contributed by atoms with Crippen molar-refractivity contribution >= 4 is 23.0 Å². The summed E-state index contributed by atoms with van der Waals surface area (Å²) in [5.41, 5.74) is 12.1. The van der Waals surface area contributed by atoms with E-state index in [4.69, 9.17) is 15.2 Å². The van der Waals surface area contributed by atoms with Gasteiger partial charge in [0, 0.05) is 38.4 Å². The number of nitrogens with two attached hydrogens (primary N) is 1. The van der Waals surface area contributed by atoms with Crippen LogP contribution < -0.4 is 30.3 Å². The topological polar surface area (TPSA) is 88.8 Å². The van der Waals surface area contributed by atoms with Gasteiger partial charge in [-0.1, -0.05) is 18.2 Å². The molecule has 2 aliphatic rings. The van der Waals surface area contributed by atoms with E-state index in [0.29, 0.717) is 18.1 Å². The Balaban J connectivity index is 1.25. The summed E-state index contributed by atoms with van der Waals surface area (Å²) in [6.07, 6.45) is 1.57. The fraction of sp³-hybridized carbons (Fsp3) is 0.333. The van der Waals surface area contributed by atoms with Crippen molar-refractivity contribution in [1.29, 1.82) is 0 Å². The minimum absolute atomic E-state index is 0.269. The highest BCUT2D eigenvalue weighted by Gasteiger charge is 2.22. The van der Waals surface area contributed by atoms with E-state index < -0.39 is 0 Å². The molecule has 1 fully saturated rings. The van der Waals surface area contributed by atoms with Crippen LogP contribution in [-0.4, -0.2) is 42.9 Å². The third-order valence-corrected chi connectivity index (χ3v) is 6.26. The molecule has 3 aromatic rings. The van der Waals surface area contributed by atoms with Gasteiger partial charge in [-0.25, -0.2) is 9.97 Å². The summed E-state index contributed by atoms with van der Waals surface area (Å²) in [6, 6.07) is 12.4. The fourth-order valence-corrected chi connectivity index (χ4v) is 4.25. The number of piperazine rings is 1. The van der Waals surface area contributed by atoms with Crippen molar-refractivity contribution in [1.82, 2.24) is 9.97 Å². The predicted octanol–water partition coefficient (Wildman–Crippen LogP) is 3.34. The minimum Gasteiger partial charge on any atom is -0.454 e. The molecule has 0 bridgehead atoms. The van der Waals surface area contributed by atoms with Crippen LogP contribution in [0.1, 0.15) is 16.7 Å². The maximum atomic E-state index is 6.47. The van der Waals surface area contributed by atoms with Crippen LogP contribution in [0.4, 0.5) is 23.0 Å². The molecule has 166 valence electrons. The zero-order valence-electron chi connectivity index (χ0n) is 18.5. The van der Waals surface area contributed by atoms with E-state index >= 15 is 0 Å². The van der Waals surface area contributed by atoms with Crippen molar-refractivity contribution in [2.45, 2.75) is 20.4 Å². The molecule has 0 saturated carbocycles. The van der Waals surface area contributed by atoms with Gasteiger partial charge in [-0.05, 0) is 48.7 Å². The number of rotatable bonds is 5. The first kappa shape index (κ1) is 20.2. The summed E-state index contributed by atoms with van der Waals surface area (Å²) in [5, 5.41) is 3.34. The molecule has 0 unspecified atom stereocenters. The lowest BCUT2D eigenvalue weighted by Crippen LogP contribution is -2.47. The number of aromatic nitrogens is 2. The third kappa shape index (κ3) is 3.84. The van der Waals surface area contributed by atoms with Crippen LogP contribution in [0.25, 0.3) is 0 Å². The van der Waals surface area contributed by atoms with Crippen molar-refractivity contribution < 1.29 is 9.47 Å². The van der Waals surface area contributed by atoms with Crippen LogP contribution in [0.5, 0.6) is 11.5 Å². The average Bonchev–Trinajstić information content (AvgIpc) is 3.28. The van der Waals surface area contributed by atoms with Crippen molar-refractivity contribution in [2.75, 3.05) is 53.8 Å². The van der Waals surface area contributed by atoms with E-state index in [1.807, 2.05) is 18.2 Å². The quantitative estimate of drug-likeness (QED) is 0.635. The van der Waals surface area contributed by atoms with Gasteiger partial charge in [0.1, 0.15) is 12.0 Å². The molecule has 0 radical (unpaired) electrons. The number of hydrogen-bond donors (Lipinski definition) is 2. The third-order valence-electron chi connectivity index (χ3n) is 6.26. The Kier molecular flexibility index (Phi) is 5.34. The highest BCUT2D eigenvalue weighted by atomic mass is 16.7. The first-order valence-electron chi connectivity index (χ1n) is 10.9. The molecular weight excluding hydrogens is 404 g/mol. The molecular formula is C24H28N6O2. The molecule has 3 heterocycles. The summed E-state index contributed by atoms with van der Waals surface area (Å²) in [6.45, 7) is 8.77. The maximum absolute atomic E-state index is 6.47. The SMILES string of the molecule is Cc1cccc(N2CCN(c3ncnc(NCc4ccc5c(c4)OCO5)c3N)CC2)c1C. The molecule has 1 saturated heterocycles. The zero-order valence-corrected chi connectivity index (χ0v) is 18.5. The maximum Gasteiger partial charge on any atom is 0.231 e. The highest BCUT2D eigenvalue weighted by Crippen LogP contribution is 2.33. The van der Waals surface area contributed by atoms with E-state index in [2.05, 4.69) is 57.1 Å². The fourth-order valence-electron chi connectivity index (χ4n) is 4.25. The Morgan fingerprint density at radius 1 is 0.969 bits per heavy atom. The van der Waals surface area contributed by atoms with Crippen molar-refractivity contribution in [3.05, 3.63) is 59.4 Å². The second kappa shape index (κ2) is 8.45. The van der Waals surface area contributed by atoms with Gasteiger partial charge in [-0.2, -0.15) is 0 Å². The van der Waals surface area contributed by atoms with Gasteiger partial charge < -0.3 is 30.3 Å². The number of nitrogen functional groups attached to an aromatic ring is 1. The molecule has 0 atom stereocenters. The Hall–Kier alpha value is -3.68. The van der Waals surface area contributed by atoms with E-state index in [9.17, 15) is 0 Å². The highest BCUT2D eigenvalue weighted by molar-refractivity contribution is 5.75. The molecule has 0 spiro atoms. The monoisotopic (exact) mass is 432 g/mol. The lowest BCUT2D eigenvalue weighted by atomic mass is 10.1. The molecule has 5 rings (SSSR count). The second-order valence-corrected chi connectivity index (χ2v) is 8.19. The Morgan fingerprint density at radius 2 is 1.75 bits per heavy atom. The van der Waals surface area contributed by atoms with E-state index in [1.54, 1.807) is 6.33 Å². The van der Waals surface area contributed by atoms with Crippen molar-refractivity contribution in [3.63, 3.8) is 0 Å². The summed E-state index contributed by atoms with van der Waals surface area (Å²) in [7, 11) is 0. The number of nitrogens with one attached hydrogen (secondary N) is 1. The number of benzene rings is 2. The normalized spacial score (nSPS) is 15.2. The standard InChI is InChI=1S/C24H28N6O2/c1-16-4-3-5-19(17(16)2)29-8-10-30(11-9-29)24-22(25)23(27-14-28-24)26-13-18-6-7-20-21(12-18)32-15-31-20/h3-7,12,14H,8-11,13,15,25H2,1-2H3,(H,26,27,28). The summed E-state index contributed by atoms with van der Waals surface area (Å²) >= 11 is 0. The smallest absolute Gasteiger partial charge is 0.231 e. The van der Waals surface area contributed by atoms with Gasteiger partial charge >= 0.3 is 0 Å².